The minimum atomic E-state index is -1.08. The second-order valence-electron chi connectivity index (χ2n) is 4.09. The number of benzene rings is 1. The highest BCUT2D eigenvalue weighted by molar-refractivity contribution is 5.86. The molecule has 21 heavy (non-hydrogen) atoms. The summed E-state index contributed by atoms with van der Waals surface area (Å²) < 4.78 is 10.5. The number of hydrogen-bond donors (Lipinski definition) is 4. The van der Waals surface area contributed by atoms with Crippen molar-refractivity contribution in [1.29, 1.82) is 0 Å². The van der Waals surface area contributed by atoms with E-state index in [1.807, 2.05) is 0 Å². The van der Waals surface area contributed by atoms with E-state index < -0.39 is 18.1 Å². The van der Waals surface area contributed by atoms with Crippen LogP contribution in [-0.4, -0.2) is 47.8 Å². The molecule has 1 amide bonds. The molecule has 0 aliphatic carbocycles. The second kappa shape index (κ2) is 9.09. The van der Waals surface area contributed by atoms with Crippen LogP contribution >= 0.6 is 0 Å². The lowest BCUT2D eigenvalue weighted by Crippen LogP contribution is -2.21. The van der Waals surface area contributed by atoms with Crippen molar-refractivity contribution in [3.05, 3.63) is 42.0 Å². The van der Waals surface area contributed by atoms with Gasteiger partial charge in [-0.3, -0.25) is 10.0 Å². The molecule has 0 fully saturated rings. The molecule has 0 bridgehead atoms. The van der Waals surface area contributed by atoms with Crippen LogP contribution in [0.15, 0.2) is 36.4 Å². The third kappa shape index (κ3) is 5.16. The van der Waals surface area contributed by atoms with Crippen molar-refractivity contribution < 1.29 is 29.7 Å². The van der Waals surface area contributed by atoms with Crippen LogP contribution in [0.25, 0.3) is 0 Å². The highest BCUT2D eigenvalue weighted by Crippen LogP contribution is 2.28. The molecule has 0 aromatic heterocycles. The minimum absolute atomic E-state index is 0.101. The van der Waals surface area contributed by atoms with E-state index in [0.29, 0.717) is 11.3 Å². The summed E-state index contributed by atoms with van der Waals surface area (Å²) in [5.41, 5.74) is 1.91. The van der Waals surface area contributed by atoms with Gasteiger partial charge >= 0.3 is 0 Å². The highest BCUT2D eigenvalue weighted by atomic mass is 16.5. The number of rotatable bonds is 8. The first-order valence-electron chi connectivity index (χ1n) is 6.29. The SMILES string of the molecule is CO[C@H](/C=C/C(=O)NO)[C@H](O)c1ccccc1OCCO. The van der Waals surface area contributed by atoms with Crippen molar-refractivity contribution in [2.24, 2.45) is 0 Å². The summed E-state index contributed by atoms with van der Waals surface area (Å²) >= 11 is 0. The first kappa shape index (κ1) is 17.1. The summed E-state index contributed by atoms with van der Waals surface area (Å²) in [7, 11) is 1.38. The Labute approximate surface area is 122 Å². The normalized spacial score (nSPS) is 13.9. The monoisotopic (exact) mass is 297 g/mol. The van der Waals surface area contributed by atoms with Gasteiger partial charge in [-0.25, -0.2) is 5.48 Å². The summed E-state index contributed by atoms with van der Waals surface area (Å²) in [6.07, 6.45) is 0.488. The highest BCUT2D eigenvalue weighted by Gasteiger charge is 2.21. The minimum Gasteiger partial charge on any atom is -0.491 e. The van der Waals surface area contributed by atoms with E-state index in [0.717, 1.165) is 6.08 Å². The number of aliphatic hydroxyl groups excluding tert-OH is 2. The second-order valence-corrected chi connectivity index (χ2v) is 4.09. The maximum atomic E-state index is 11.0. The fraction of sp³-hybridized carbons (Fsp3) is 0.357. The van der Waals surface area contributed by atoms with Crippen LogP contribution in [-0.2, 0) is 9.53 Å². The number of para-hydroxylation sites is 1. The van der Waals surface area contributed by atoms with Crippen LogP contribution in [0.2, 0.25) is 0 Å². The Hall–Kier alpha value is -1.93. The Morgan fingerprint density at radius 2 is 2.14 bits per heavy atom. The lowest BCUT2D eigenvalue weighted by molar-refractivity contribution is -0.124. The summed E-state index contributed by atoms with van der Waals surface area (Å²) in [4.78, 5) is 11.0. The number of aliphatic hydroxyl groups is 2. The average molecular weight is 297 g/mol. The molecule has 1 aromatic carbocycles. The molecule has 1 rings (SSSR count). The molecule has 0 radical (unpaired) electrons. The van der Waals surface area contributed by atoms with Gasteiger partial charge in [-0.05, 0) is 12.1 Å². The predicted octanol–water partition coefficient (Wildman–Crippen LogP) is 0.168. The zero-order valence-corrected chi connectivity index (χ0v) is 11.6. The number of carbonyl (C=O) groups is 1. The lowest BCUT2D eigenvalue weighted by atomic mass is 10.0. The van der Waals surface area contributed by atoms with Crippen LogP contribution in [0, 0.1) is 0 Å². The maximum Gasteiger partial charge on any atom is 0.267 e. The molecule has 7 nitrogen and oxygen atoms in total. The topological polar surface area (TPSA) is 108 Å². The van der Waals surface area contributed by atoms with Gasteiger partial charge in [0.1, 0.15) is 24.6 Å². The molecule has 0 aliphatic rings. The summed E-state index contributed by atoms with van der Waals surface area (Å²) in [5, 5.41) is 27.5. The Balaban J connectivity index is 2.91. The molecule has 0 saturated carbocycles. The molecule has 0 heterocycles. The Bertz CT molecular complexity index is 476. The van der Waals surface area contributed by atoms with E-state index in [9.17, 15) is 9.90 Å². The molecular weight excluding hydrogens is 278 g/mol. The van der Waals surface area contributed by atoms with Crippen molar-refractivity contribution in [2.75, 3.05) is 20.3 Å². The van der Waals surface area contributed by atoms with E-state index in [1.165, 1.54) is 18.7 Å². The number of carbonyl (C=O) groups excluding carboxylic acids is 1. The Kier molecular flexibility index (Phi) is 7.41. The molecule has 0 aliphatic heterocycles. The zero-order chi connectivity index (χ0) is 15.7. The predicted molar refractivity (Wildman–Crippen MR) is 73.8 cm³/mol. The lowest BCUT2D eigenvalue weighted by Gasteiger charge is -2.21. The number of ether oxygens (including phenoxy) is 2. The largest absolute Gasteiger partial charge is 0.491 e. The van der Waals surface area contributed by atoms with E-state index in [1.54, 1.807) is 24.3 Å². The van der Waals surface area contributed by atoms with E-state index in [-0.39, 0.29) is 13.2 Å². The first-order chi connectivity index (χ1) is 10.1. The van der Waals surface area contributed by atoms with Crippen molar-refractivity contribution in [1.82, 2.24) is 5.48 Å². The van der Waals surface area contributed by atoms with Crippen molar-refractivity contribution in [2.45, 2.75) is 12.2 Å². The molecule has 1 aromatic rings. The number of methoxy groups -OCH3 is 1. The van der Waals surface area contributed by atoms with Gasteiger partial charge < -0.3 is 19.7 Å². The fourth-order valence-electron chi connectivity index (χ4n) is 1.72. The van der Waals surface area contributed by atoms with Gasteiger partial charge in [0.15, 0.2) is 0 Å². The third-order valence-electron chi connectivity index (χ3n) is 2.72. The van der Waals surface area contributed by atoms with Gasteiger partial charge in [-0.15, -0.1) is 0 Å². The molecule has 0 saturated heterocycles. The van der Waals surface area contributed by atoms with Gasteiger partial charge in [0.05, 0.1) is 6.61 Å². The van der Waals surface area contributed by atoms with E-state index >= 15 is 0 Å². The standard InChI is InChI=1S/C14H19NO6/c1-20-12(6-7-13(17)15-19)14(18)10-4-2-3-5-11(10)21-9-8-16/h2-7,12,14,16,18-19H,8-9H2,1H3,(H,15,17)/b7-6+/t12-,14-/m1/s1. The quantitative estimate of drug-likeness (QED) is 0.309. The zero-order valence-electron chi connectivity index (χ0n) is 11.6. The number of amides is 1. The third-order valence-corrected chi connectivity index (χ3v) is 2.72. The number of hydrogen-bond acceptors (Lipinski definition) is 6. The van der Waals surface area contributed by atoms with Crippen LogP contribution in [0.3, 0.4) is 0 Å². The van der Waals surface area contributed by atoms with Gasteiger partial charge in [0, 0.05) is 18.7 Å². The van der Waals surface area contributed by atoms with Crippen LogP contribution in [0.4, 0.5) is 0 Å². The number of hydroxylamine groups is 1. The Morgan fingerprint density at radius 3 is 2.76 bits per heavy atom. The van der Waals surface area contributed by atoms with Crippen LogP contribution < -0.4 is 10.2 Å². The number of nitrogens with one attached hydrogen (secondary N) is 1. The molecule has 116 valence electrons. The average Bonchev–Trinajstić information content (AvgIpc) is 2.53. The summed E-state index contributed by atoms with van der Waals surface area (Å²) in [6, 6.07) is 6.77. The Morgan fingerprint density at radius 1 is 1.43 bits per heavy atom. The van der Waals surface area contributed by atoms with Crippen molar-refractivity contribution >= 4 is 5.91 Å². The molecule has 4 N–H and O–H groups in total. The summed E-state index contributed by atoms with van der Waals surface area (Å²) in [6.45, 7) is -0.0428. The van der Waals surface area contributed by atoms with Crippen molar-refractivity contribution in [3.8, 4) is 5.75 Å². The molecule has 0 spiro atoms. The van der Waals surface area contributed by atoms with Gasteiger partial charge in [-0.2, -0.15) is 0 Å². The maximum absolute atomic E-state index is 11.0. The summed E-state index contributed by atoms with van der Waals surface area (Å²) in [5.74, 6) is -0.310. The first-order valence-corrected chi connectivity index (χ1v) is 6.29. The van der Waals surface area contributed by atoms with Gasteiger partial charge in [0.2, 0.25) is 0 Å². The molecular formula is C14H19NO6. The van der Waals surface area contributed by atoms with Crippen LogP contribution in [0.1, 0.15) is 11.7 Å². The smallest absolute Gasteiger partial charge is 0.267 e. The van der Waals surface area contributed by atoms with Gasteiger partial charge in [-0.1, -0.05) is 18.2 Å². The van der Waals surface area contributed by atoms with Gasteiger partial charge in [0.25, 0.3) is 5.91 Å². The van der Waals surface area contributed by atoms with E-state index in [4.69, 9.17) is 19.8 Å². The van der Waals surface area contributed by atoms with Crippen LogP contribution in [0.5, 0.6) is 5.75 Å². The van der Waals surface area contributed by atoms with Crippen molar-refractivity contribution in [3.63, 3.8) is 0 Å². The molecule has 7 heteroatoms. The van der Waals surface area contributed by atoms with E-state index in [2.05, 4.69) is 0 Å². The molecule has 0 unspecified atom stereocenters. The molecule has 2 atom stereocenters. The fourth-order valence-corrected chi connectivity index (χ4v) is 1.72.